The average Bonchev–Trinajstić information content (AvgIpc) is 2.42. The van der Waals surface area contributed by atoms with E-state index in [4.69, 9.17) is 0 Å². The van der Waals surface area contributed by atoms with E-state index < -0.39 is 15.1 Å². The highest BCUT2D eigenvalue weighted by Gasteiger charge is 2.36. The van der Waals surface area contributed by atoms with E-state index >= 15 is 0 Å². The highest BCUT2D eigenvalue weighted by Crippen LogP contribution is 2.32. The maximum Gasteiger partial charge on any atom is 0.155 e. The van der Waals surface area contributed by atoms with Gasteiger partial charge >= 0.3 is 0 Å². The van der Waals surface area contributed by atoms with Gasteiger partial charge in [-0.05, 0) is 56.0 Å². The van der Waals surface area contributed by atoms with Crippen LogP contribution in [0, 0.1) is 12.7 Å². The third-order valence-electron chi connectivity index (χ3n) is 4.18. The van der Waals surface area contributed by atoms with Gasteiger partial charge in [0, 0.05) is 6.04 Å². The second-order valence-corrected chi connectivity index (χ2v) is 8.17. The molecule has 0 aliphatic carbocycles. The number of rotatable bonds is 5. The van der Waals surface area contributed by atoms with Gasteiger partial charge in [0.2, 0.25) is 0 Å². The van der Waals surface area contributed by atoms with E-state index in [1.165, 1.54) is 12.1 Å². The Bertz CT molecular complexity index is 586. The molecule has 1 aromatic rings. The summed E-state index contributed by atoms with van der Waals surface area (Å²) < 4.78 is 38.2. The number of benzene rings is 1. The summed E-state index contributed by atoms with van der Waals surface area (Å²) in [6, 6.07) is 4.38. The molecule has 2 unspecified atom stereocenters. The molecule has 0 amide bonds. The van der Waals surface area contributed by atoms with E-state index in [1.54, 1.807) is 6.07 Å². The summed E-state index contributed by atoms with van der Waals surface area (Å²) in [6.45, 7) is 4.65. The molecule has 1 aliphatic rings. The van der Waals surface area contributed by atoms with E-state index in [9.17, 15) is 12.8 Å². The van der Waals surface area contributed by atoms with Gasteiger partial charge in [-0.3, -0.25) is 0 Å². The largest absolute Gasteiger partial charge is 0.309 e. The molecule has 5 heteroatoms. The molecule has 0 bridgehead atoms. The number of aryl methyl sites for hydroxylation is 1. The number of halogens is 1. The second kappa shape index (κ2) is 6.88. The molecule has 1 heterocycles. The van der Waals surface area contributed by atoms with Gasteiger partial charge in [-0.25, -0.2) is 12.8 Å². The van der Waals surface area contributed by atoms with Crippen LogP contribution in [-0.2, 0) is 9.84 Å². The smallest absolute Gasteiger partial charge is 0.155 e. The van der Waals surface area contributed by atoms with Crippen molar-refractivity contribution in [1.29, 1.82) is 0 Å². The molecule has 1 saturated heterocycles. The van der Waals surface area contributed by atoms with Crippen molar-refractivity contribution in [3.05, 3.63) is 35.1 Å². The van der Waals surface area contributed by atoms with E-state index in [1.807, 2.05) is 6.92 Å². The van der Waals surface area contributed by atoms with Gasteiger partial charge in [-0.2, -0.15) is 0 Å². The summed E-state index contributed by atoms with van der Waals surface area (Å²) in [5, 5.41) is 2.97. The van der Waals surface area contributed by atoms with Crippen molar-refractivity contribution in [2.75, 3.05) is 12.3 Å². The van der Waals surface area contributed by atoms with Gasteiger partial charge < -0.3 is 5.32 Å². The van der Waals surface area contributed by atoms with Crippen LogP contribution in [0.2, 0.25) is 0 Å². The van der Waals surface area contributed by atoms with Crippen LogP contribution >= 0.6 is 0 Å². The van der Waals surface area contributed by atoms with Gasteiger partial charge in [0.25, 0.3) is 0 Å². The minimum atomic E-state index is -3.08. The zero-order chi connectivity index (χ0) is 15.5. The van der Waals surface area contributed by atoms with Gasteiger partial charge in [-0.1, -0.05) is 19.4 Å². The first-order chi connectivity index (χ1) is 9.95. The van der Waals surface area contributed by atoms with Crippen molar-refractivity contribution < 1.29 is 12.8 Å². The Labute approximate surface area is 126 Å². The zero-order valence-electron chi connectivity index (χ0n) is 12.7. The topological polar surface area (TPSA) is 46.2 Å². The lowest BCUT2D eigenvalue weighted by molar-refractivity contribution is 0.445. The third-order valence-corrected chi connectivity index (χ3v) is 6.47. The summed E-state index contributed by atoms with van der Waals surface area (Å²) >= 11 is 0. The molecule has 1 N–H and O–H groups in total. The van der Waals surface area contributed by atoms with Crippen molar-refractivity contribution in [1.82, 2.24) is 5.32 Å². The molecule has 0 saturated carbocycles. The van der Waals surface area contributed by atoms with Crippen LogP contribution in [0.15, 0.2) is 18.2 Å². The van der Waals surface area contributed by atoms with Crippen LogP contribution in [0.3, 0.4) is 0 Å². The second-order valence-electron chi connectivity index (χ2n) is 5.83. The molecule has 3 nitrogen and oxygen atoms in total. The number of hydrogen-bond acceptors (Lipinski definition) is 3. The monoisotopic (exact) mass is 313 g/mol. The zero-order valence-corrected chi connectivity index (χ0v) is 13.5. The van der Waals surface area contributed by atoms with Crippen molar-refractivity contribution in [3.8, 4) is 0 Å². The SMILES string of the molecule is CCCNC(c1ccc(F)cc1C)C1CCCCS1(=O)=O. The third kappa shape index (κ3) is 3.83. The fourth-order valence-electron chi connectivity index (χ4n) is 3.08. The molecular formula is C16H24FNO2S. The van der Waals surface area contributed by atoms with Gasteiger partial charge in [0.15, 0.2) is 9.84 Å². The quantitative estimate of drug-likeness (QED) is 0.908. The average molecular weight is 313 g/mol. The summed E-state index contributed by atoms with van der Waals surface area (Å²) in [5.41, 5.74) is 1.71. The van der Waals surface area contributed by atoms with E-state index in [-0.39, 0.29) is 17.6 Å². The Morgan fingerprint density at radius 3 is 2.76 bits per heavy atom. The molecule has 2 atom stereocenters. The normalized spacial score (nSPS) is 22.9. The maximum absolute atomic E-state index is 13.3. The molecular weight excluding hydrogens is 289 g/mol. The molecule has 1 fully saturated rings. The van der Waals surface area contributed by atoms with Crippen molar-refractivity contribution in [2.24, 2.45) is 0 Å². The lowest BCUT2D eigenvalue weighted by atomic mass is 9.95. The Morgan fingerprint density at radius 1 is 1.38 bits per heavy atom. The van der Waals surface area contributed by atoms with E-state index in [0.717, 1.165) is 36.9 Å². The number of sulfone groups is 1. The Kier molecular flexibility index (Phi) is 5.38. The molecule has 1 aromatic carbocycles. The molecule has 0 spiro atoms. The number of nitrogens with one attached hydrogen (secondary N) is 1. The summed E-state index contributed by atoms with van der Waals surface area (Å²) in [6.07, 6.45) is 3.31. The predicted molar refractivity (Wildman–Crippen MR) is 83.6 cm³/mol. The van der Waals surface area contributed by atoms with Crippen LogP contribution in [0.4, 0.5) is 4.39 Å². The maximum atomic E-state index is 13.3. The van der Waals surface area contributed by atoms with Gasteiger partial charge in [0.05, 0.1) is 11.0 Å². The predicted octanol–water partition coefficient (Wildman–Crippen LogP) is 3.14. The molecule has 1 aliphatic heterocycles. The fourth-order valence-corrected chi connectivity index (χ4v) is 5.18. The van der Waals surface area contributed by atoms with Crippen LogP contribution in [0.1, 0.15) is 49.8 Å². The first kappa shape index (κ1) is 16.4. The lowest BCUT2D eigenvalue weighted by Gasteiger charge is -2.32. The minimum Gasteiger partial charge on any atom is -0.309 e. The van der Waals surface area contributed by atoms with Crippen molar-refractivity contribution in [3.63, 3.8) is 0 Å². The molecule has 0 aromatic heterocycles. The first-order valence-electron chi connectivity index (χ1n) is 7.66. The highest BCUT2D eigenvalue weighted by atomic mass is 32.2. The molecule has 118 valence electrons. The standard InChI is InChI=1S/C16H24FNO2S/c1-3-9-18-16(14-8-7-13(17)11-12(14)2)15-6-4-5-10-21(15,19)20/h7-8,11,15-16,18H,3-6,9-10H2,1-2H3. The summed E-state index contributed by atoms with van der Waals surface area (Å²) in [7, 11) is -3.08. The summed E-state index contributed by atoms with van der Waals surface area (Å²) in [5.74, 6) is -0.0145. The molecule has 21 heavy (non-hydrogen) atoms. The van der Waals surface area contributed by atoms with E-state index in [2.05, 4.69) is 12.2 Å². The Hall–Kier alpha value is -0.940. The Morgan fingerprint density at radius 2 is 2.14 bits per heavy atom. The molecule has 0 radical (unpaired) electrons. The van der Waals surface area contributed by atoms with Crippen molar-refractivity contribution in [2.45, 2.75) is 50.8 Å². The minimum absolute atomic E-state index is 0.240. The van der Waals surface area contributed by atoms with Gasteiger partial charge in [0.1, 0.15) is 5.82 Å². The lowest BCUT2D eigenvalue weighted by Crippen LogP contribution is -2.41. The van der Waals surface area contributed by atoms with Crippen LogP contribution in [-0.4, -0.2) is 26.0 Å². The van der Waals surface area contributed by atoms with E-state index in [0.29, 0.717) is 6.42 Å². The van der Waals surface area contributed by atoms with Crippen molar-refractivity contribution >= 4 is 9.84 Å². The van der Waals surface area contributed by atoms with Gasteiger partial charge in [-0.15, -0.1) is 0 Å². The van der Waals surface area contributed by atoms with Crippen LogP contribution < -0.4 is 5.32 Å². The summed E-state index contributed by atoms with van der Waals surface area (Å²) in [4.78, 5) is 0. The molecule has 2 rings (SSSR count). The van der Waals surface area contributed by atoms with Crippen LogP contribution in [0.25, 0.3) is 0 Å². The number of hydrogen-bond donors (Lipinski definition) is 1. The van der Waals surface area contributed by atoms with Crippen LogP contribution in [0.5, 0.6) is 0 Å². The first-order valence-corrected chi connectivity index (χ1v) is 9.38. The Balaban J connectivity index is 2.37. The fraction of sp³-hybridized carbons (Fsp3) is 0.625. The highest BCUT2D eigenvalue weighted by molar-refractivity contribution is 7.92.